The molecule has 1 aliphatic heterocycles. The molecule has 164 valence electrons. The minimum atomic E-state index is -3.55. The molecule has 0 aliphatic carbocycles. The Kier molecular flexibility index (Phi) is 6.00. The van der Waals surface area contributed by atoms with Crippen LogP contribution < -0.4 is 9.54 Å². The van der Waals surface area contributed by atoms with Gasteiger partial charge >= 0.3 is 0 Å². The molecular formula is C22H25N3O4S2. The van der Waals surface area contributed by atoms with Crippen molar-refractivity contribution in [1.82, 2.24) is 8.87 Å². The molecule has 31 heavy (non-hydrogen) atoms. The maximum atomic E-state index is 12.9. The maximum absolute atomic E-state index is 12.9. The number of sulfonamides is 1. The molecule has 1 fully saturated rings. The van der Waals surface area contributed by atoms with Crippen molar-refractivity contribution >= 4 is 37.5 Å². The van der Waals surface area contributed by atoms with Crippen LogP contribution in [0.5, 0.6) is 5.75 Å². The van der Waals surface area contributed by atoms with Crippen LogP contribution in [-0.2, 0) is 17.1 Å². The summed E-state index contributed by atoms with van der Waals surface area (Å²) >= 11 is 1.40. The lowest BCUT2D eigenvalue weighted by Gasteiger charge is -2.30. The largest absolute Gasteiger partial charge is 0.495 e. The van der Waals surface area contributed by atoms with Crippen molar-refractivity contribution in [2.45, 2.75) is 24.7 Å². The summed E-state index contributed by atoms with van der Waals surface area (Å²) in [7, 11) is -0.111. The van der Waals surface area contributed by atoms with E-state index in [1.54, 1.807) is 7.11 Å². The monoisotopic (exact) mass is 459 g/mol. The molecule has 1 saturated heterocycles. The van der Waals surface area contributed by atoms with Gasteiger partial charge in [-0.05, 0) is 55.2 Å². The number of para-hydroxylation sites is 1. The number of methoxy groups -OCH3 is 1. The first-order chi connectivity index (χ1) is 14.8. The minimum absolute atomic E-state index is 0.204. The van der Waals surface area contributed by atoms with Crippen LogP contribution in [-0.4, -0.2) is 43.4 Å². The number of nitrogens with zero attached hydrogens (tertiary/aromatic N) is 3. The van der Waals surface area contributed by atoms with E-state index >= 15 is 0 Å². The summed E-state index contributed by atoms with van der Waals surface area (Å²) < 4.78 is 35.6. The molecule has 0 spiro atoms. The first-order valence-electron chi connectivity index (χ1n) is 10.1. The lowest BCUT2D eigenvalue weighted by molar-refractivity contribution is 0.0998. The molecule has 0 unspecified atom stereocenters. The van der Waals surface area contributed by atoms with Crippen molar-refractivity contribution in [3.63, 3.8) is 0 Å². The Balaban J connectivity index is 1.62. The van der Waals surface area contributed by atoms with E-state index in [0.29, 0.717) is 35.1 Å². The molecular weight excluding hydrogens is 434 g/mol. The summed E-state index contributed by atoms with van der Waals surface area (Å²) in [4.78, 5) is 17.7. The van der Waals surface area contributed by atoms with E-state index in [2.05, 4.69) is 11.9 Å². The van der Waals surface area contributed by atoms with Gasteiger partial charge in [0.1, 0.15) is 11.3 Å². The van der Waals surface area contributed by atoms with Crippen molar-refractivity contribution in [3.8, 4) is 5.75 Å². The van der Waals surface area contributed by atoms with E-state index in [1.807, 2.05) is 29.8 Å². The second-order valence-corrected chi connectivity index (χ2v) is 10.7. The van der Waals surface area contributed by atoms with Crippen LogP contribution in [0.15, 0.2) is 52.4 Å². The lowest BCUT2D eigenvalue weighted by Crippen LogP contribution is -2.39. The average Bonchev–Trinajstić information content (AvgIpc) is 3.09. The first kappa shape index (κ1) is 21.7. The zero-order valence-electron chi connectivity index (χ0n) is 17.7. The number of benzene rings is 2. The number of piperidine rings is 1. The third-order valence-corrected chi connectivity index (χ3v) is 8.54. The summed E-state index contributed by atoms with van der Waals surface area (Å²) in [6.45, 7) is 3.13. The van der Waals surface area contributed by atoms with Gasteiger partial charge in [-0.3, -0.25) is 4.79 Å². The molecule has 1 amide bonds. The Hall–Kier alpha value is -2.49. The molecule has 9 heteroatoms. The van der Waals surface area contributed by atoms with Crippen LogP contribution in [0.1, 0.15) is 30.1 Å². The number of aryl methyl sites for hydroxylation is 1. The van der Waals surface area contributed by atoms with Crippen molar-refractivity contribution in [3.05, 3.63) is 52.8 Å². The second-order valence-electron chi connectivity index (χ2n) is 7.80. The summed E-state index contributed by atoms with van der Waals surface area (Å²) in [5.74, 6) is 0.646. The van der Waals surface area contributed by atoms with Crippen LogP contribution in [0, 0.1) is 5.92 Å². The number of carbonyl (C=O) groups excluding carboxylic acids is 1. The predicted octanol–water partition coefficient (Wildman–Crippen LogP) is 3.41. The Morgan fingerprint density at radius 2 is 1.94 bits per heavy atom. The number of amides is 1. The van der Waals surface area contributed by atoms with Crippen molar-refractivity contribution in [2.24, 2.45) is 18.0 Å². The van der Waals surface area contributed by atoms with Crippen molar-refractivity contribution < 1.29 is 17.9 Å². The summed E-state index contributed by atoms with van der Waals surface area (Å²) in [5.41, 5.74) is 1.22. The highest BCUT2D eigenvalue weighted by Gasteiger charge is 2.28. The molecule has 0 bridgehead atoms. The molecule has 0 N–H and O–H groups in total. The SMILES string of the molecule is COc1cccc2sc(=NC(=O)c3ccc(S(=O)(=O)N4CCC[C@H](C)C4)cc3)n(C)c12. The number of aromatic nitrogens is 1. The molecule has 7 nitrogen and oxygen atoms in total. The first-order valence-corrected chi connectivity index (χ1v) is 12.4. The van der Waals surface area contributed by atoms with E-state index in [0.717, 1.165) is 23.1 Å². The van der Waals surface area contributed by atoms with E-state index < -0.39 is 15.9 Å². The van der Waals surface area contributed by atoms with Crippen LogP contribution in [0.3, 0.4) is 0 Å². The molecule has 0 radical (unpaired) electrons. The number of ether oxygens (including phenoxy) is 1. The van der Waals surface area contributed by atoms with Gasteiger partial charge < -0.3 is 9.30 Å². The average molecular weight is 460 g/mol. The maximum Gasteiger partial charge on any atom is 0.279 e. The topological polar surface area (TPSA) is 81.0 Å². The fourth-order valence-corrected chi connectivity index (χ4v) is 6.51. The van der Waals surface area contributed by atoms with Gasteiger partial charge in [0.15, 0.2) is 4.80 Å². The highest BCUT2D eigenvalue weighted by Crippen LogP contribution is 2.27. The number of rotatable bonds is 4. The highest BCUT2D eigenvalue weighted by atomic mass is 32.2. The van der Waals surface area contributed by atoms with Crippen molar-refractivity contribution in [1.29, 1.82) is 0 Å². The van der Waals surface area contributed by atoms with Crippen LogP contribution in [0.4, 0.5) is 0 Å². The number of fused-ring (bicyclic) bond motifs is 1. The molecule has 1 aromatic heterocycles. The molecule has 1 aliphatic rings. The number of thiazole rings is 1. The van der Waals surface area contributed by atoms with Gasteiger partial charge in [-0.2, -0.15) is 9.30 Å². The normalized spacial score (nSPS) is 18.4. The van der Waals surface area contributed by atoms with Gasteiger partial charge in [0.25, 0.3) is 5.91 Å². The molecule has 0 saturated carbocycles. The number of hydrogen-bond donors (Lipinski definition) is 0. The highest BCUT2D eigenvalue weighted by molar-refractivity contribution is 7.89. The number of hydrogen-bond acceptors (Lipinski definition) is 5. The zero-order chi connectivity index (χ0) is 22.2. The molecule has 3 aromatic rings. The molecule has 1 atom stereocenters. The van der Waals surface area contributed by atoms with E-state index in [-0.39, 0.29) is 4.90 Å². The molecule has 2 heterocycles. The van der Waals surface area contributed by atoms with Crippen LogP contribution in [0.25, 0.3) is 10.2 Å². The fraction of sp³-hybridized carbons (Fsp3) is 0.364. The molecule has 4 rings (SSSR count). The Morgan fingerprint density at radius 3 is 2.61 bits per heavy atom. The Labute approximate surface area is 185 Å². The van der Waals surface area contributed by atoms with Gasteiger partial charge in [0, 0.05) is 25.7 Å². The second kappa shape index (κ2) is 8.57. The van der Waals surface area contributed by atoms with E-state index in [1.165, 1.54) is 39.9 Å². The number of carbonyl (C=O) groups is 1. The molecule has 2 aromatic carbocycles. The Bertz CT molecular complexity index is 1290. The van der Waals surface area contributed by atoms with Crippen LogP contribution >= 0.6 is 11.3 Å². The summed E-state index contributed by atoms with van der Waals surface area (Å²) in [6, 6.07) is 11.7. The van der Waals surface area contributed by atoms with Crippen LogP contribution in [0.2, 0.25) is 0 Å². The Morgan fingerprint density at radius 1 is 1.19 bits per heavy atom. The predicted molar refractivity (Wildman–Crippen MR) is 121 cm³/mol. The summed E-state index contributed by atoms with van der Waals surface area (Å²) in [6.07, 6.45) is 1.91. The quantitative estimate of drug-likeness (QED) is 0.599. The van der Waals surface area contributed by atoms with E-state index in [4.69, 9.17) is 4.74 Å². The van der Waals surface area contributed by atoms with E-state index in [9.17, 15) is 13.2 Å². The minimum Gasteiger partial charge on any atom is -0.495 e. The zero-order valence-corrected chi connectivity index (χ0v) is 19.4. The van der Waals surface area contributed by atoms with Gasteiger partial charge in [-0.1, -0.05) is 24.3 Å². The summed E-state index contributed by atoms with van der Waals surface area (Å²) in [5, 5.41) is 0. The van der Waals surface area contributed by atoms with Gasteiger partial charge in [-0.15, -0.1) is 0 Å². The van der Waals surface area contributed by atoms with Gasteiger partial charge in [0.2, 0.25) is 10.0 Å². The van der Waals surface area contributed by atoms with Gasteiger partial charge in [0.05, 0.1) is 16.7 Å². The third kappa shape index (κ3) is 4.17. The standard InChI is InChI=1S/C22H25N3O4S2/c1-15-6-5-13-25(14-15)31(27,28)17-11-9-16(10-12-17)21(26)23-22-24(2)20-18(29-3)7-4-8-19(20)30-22/h4,7-12,15H,5-6,13-14H2,1-3H3/t15-/m0/s1. The van der Waals surface area contributed by atoms with Crippen molar-refractivity contribution in [2.75, 3.05) is 20.2 Å². The van der Waals surface area contributed by atoms with Gasteiger partial charge in [-0.25, -0.2) is 8.42 Å². The fourth-order valence-electron chi connectivity index (χ4n) is 3.87. The smallest absolute Gasteiger partial charge is 0.279 e. The lowest BCUT2D eigenvalue weighted by atomic mass is 10.0. The third-order valence-electron chi connectivity index (χ3n) is 5.56.